The van der Waals surface area contributed by atoms with Gasteiger partial charge in [0.05, 0.1) is 19.1 Å². The first-order valence-corrected chi connectivity index (χ1v) is 8.00. The summed E-state index contributed by atoms with van der Waals surface area (Å²) < 4.78 is 5.41. The fraction of sp³-hybridized carbons (Fsp3) is 0.938. The number of carboxylic acids is 1. The first-order valence-electron chi connectivity index (χ1n) is 8.00. The number of aliphatic carboxylic acids is 1. The summed E-state index contributed by atoms with van der Waals surface area (Å²) in [7, 11) is 0. The second-order valence-corrected chi connectivity index (χ2v) is 7.01. The van der Waals surface area contributed by atoms with E-state index in [1.165, 1.54) is 0 Å². The number of ether oxygens (including phenoxy) is 1. The monoisotopic (exact) mass is 283 g/mol. The van der Waals surface area contributed by atoms with Gasteiger partial charge in [0.15, 0.2) is 0 Å². The van der Waals surface area contributed by atoms with Gasteiger partial charge >= 0.3 is 5.97 Å². The lowest BCUT2D eigenvalue weighted by molar-refractivity contribution is -0.148. The van der Waals surface area contributed by atoms with Crippen molar-refractivity contribution in [1.29, 1.82) is 0 Å². The van der Waals surface area contributed by atoms with Crippen molar-refractivity contribution in [2.75, 3.05) is 26.3 Å². The first kappa shape index (κ1) is 15.8. The Labute approximate surface area is 122 Å². The van der Waals surface area contributed by atoms with Gasteiger partial charge in [-0.3, -0.25) is 9.69 Å². The summed E-state index contributed by atoms with van der Waals surface area (Å²) >= 11 is 0. The fourth-order valence-corrected chi connectivity index (χ4v) is 3.75. The van der Waals surface area contributed by atoms with E-state index in [2.05, 4.69) is 25.7 Å². The van der Waals surface area contributed by atoms with Crippen LogP contribution in [-0.2, 0) is 9.53 Å². The molecule has 1 N–H and O–H groups in total. The summed E-state index contributed by atoms with van der Waals surface area (Å²) in [5.74, 6) is -0.179. The van der Waals surface area contributed by atoms with Crippen molar-refractivity contribution in [3.05, 3.63) is 0 Å². The number of nitrogens with zero attached hydrogens (tertiary/aromatic N) is 1. The standard InChI is InChI=1S/C16H29NO3/c1-4-16(2,3)12-5-6-13(15(18)19)14(11-12)17-7-9-20-10-8-17/h12-14H,4-11H2,1-3H3,(H,18,19). The molecule has 20 heavy (non-hydrogen) atoms. The average molecular weight is 283 g/mol. The van der Waals surface area contributed by atoms with E-state index in [9.17, 15) is 9.90 Å². The highest BCUT2D eigenvalue weighted by Crippen LogP contribution is 2.43. The SMILES string of the molecule is CCC(C)(C)C1CCC(C(=O)O)C(N2CCOCC2)C1. The molecule has 3 unspecified atom stereocenters. The predicted molar refractivity (Wildman–Crippen MR) is 78.7 cm³/mol. The quantitative estimate of drug-likeness (QED) is 0.861. The lowest BCUT2D eigenvalue weighted by atomic mass is 9.65. The maximum absolute atomic E-state index is 11.6. The molecule has 1 heterocycles. The van der Waals surface area contributed by atoms with E-state index in [0.29, 0.717) is 11.3 Å². The Balaban J connectivity index is 2.11. The van der Waals surface area contributed by atoms with Gasteiger partial charge in [0, 0.05) is 19.1 Å². The molecule has 0 aromatic heterocycles. The van der Waals surface area contributed by atoms with Gasteiger partial charge in [-0.1, -0.05) is 27.2 Å². The molecule has 3 atom stereocenters. The average Bonchev–Trinajstić information content (AvgIpc) is 2.47. The molecule has 1 saturated carbocycles. The van der Waals surface area contributed by atoms with Crippen molar-refractivity contribution in [2.45, 2.75) is 52.5 Å². The maximum atomic E-state index is 11.6. The van der Waals surface area contributed by atoms with E-state index in [1.54, 1.807) is 0 Å². The number of hydrogen-bond donors (Lipinski definition) is 1. The summed E-state index contributed by atoms with van der Waals surface area (Å²) in [6.07, 6.45) is 4.06. The fourth-order valence-electron chi connectivity index (χ4n) is 3.75. The van der Waals surface area contributed by atoms with Gasteiger partial charge in [-0.25, -0.2) is 0 Å². The summed E-state index contributed by atoms with van der Waals surface area (Å²) in [4.78, 5) is 13.9. The van der Waals surface area contributed by atoms with E-state index in [4.69, 9.17) is 4.74 Å². The Morgan fingerprint density at radius 3 is 2.50 bits per heavy atom. The van der Waals surface area contributed by atoms with Crippen molar-refractivity contribution >= 4 is 5.97 Å². The molecule has 2 rings (SSSR count). The molecule has 0 spiro atoms. The second kappa shape index (κ2) is 6.44. The minimum absolute atomic E-state index is 0.195. The number of carbonyl (C=O) groups is 1. The van der Waals surface area contributed by atoms with Crippen LogP contribution in [0.4, 0.5) is 0 Å². The highest BCUT2D eigenvalue weighted by atomic mass is 16.5. The van der Waals surface area contributed by atoms with E-state index < -0.39 is 5.97 Å². The molecule has 1 aliphatic heterocycles. The Bertz CT molecular complexity index is 337. The van der Waals surface area contributed by atoms with Crippen LogP contribution in [-0.4, -0.2) is 48.3 Å². The largest absolute Gasteiger partial charge is 0.481 e. The lowest BCUT2D eigenvalue weighted by Crippen LogP contribution is -2.52. The second-order valence-electron chi connectivity index (χ2n) is 7.01. The zero-order valence-corrected chi connectivity index (χ0v) is 13.1. The molecule has 1 saturated heterocycles. The summed E-state index contributed by atoms with van der Waals surface area (Å²) in [5, 5.41) is 9.53. The molecule has 2 aliphatic rings. The Hall–Kier alpha value is -0.610. The van der Waals surface area contributed by atoms with Crippen LogP contribution < -0.4 is 0 Å². The third-order valence-electron chi connectivity index (χ3n) is 5.66. The Morgan fingerprint density at radius 1 is 1.30 bits per heavy atom. The van der Waals surface area contributed by atoms with Crippen molar-refractivity contribution < 1.29 is 14.6 Å². The van der Waals surface area contributed by atoms with Crippen LogP contribution in [0.25, 0.3) is 0 Å². The molecule has 1 aliphatic carbocycles. The van der Waals surface area contributed by atoms with E-state index in [-0.39, 0.29) is 12.0 Å². The van der Waals surface area contributed by atoms with Crippen LogP contribution in [0.3, 0.4) is 0 Å². The van der Waals surface area contributed by atoms with Crippen LogP contribution >= 0.6 is 0 Å². The smallest absolute Gasteiger partial charge is 0.308 e. The van der Waals surface area contributed by atoms with Crippen LogP contribution in [0.15, 0.2) is 0 Å². The van der Waals surface area contributed by atoms with Gasteiger partial charge in [-0.05, 0) is 30.6 Å². The molecular weight excluding hydrogens is 254 g/mol. The molecule has 0 aromatic rings. The zero-order chi connectivity index (χ0) is 14.8. The van der Waals surface area contributed by atoms with Crippen LogP contribution in [0.2, 0.25) is 0 Å². The van der Waals surface area contributed by atoms with Gasteiger partial charge in [0.2, 0.25) is 0 Å². The molecular formula is C16H29NO3. The maximum Gasteiger partial charge on any atom is 0.308 e. The van der Waals surface area contributed by atoms with Crippen LogP contribution in [0, 0.1) is 17.3 Å². The number of morpholine rings is 1. The topological polar surface area (TPSA) is 49.8 Å². The highest BCUT2D eigenvalue weighted by Gasteiger charge is 2.42. The van der Waals surface area contributed by atoms with Gasteiger partial charge in [-0.15, -0.1) is 0 Å². The minimum atomic E-state index is -0.616. The molecule has 0 aromatic carbocycles. The molecule has 0 bridgehead atoms. The Morgan fingerprint density at radius 2 is 1.95 bits per heavy atom. The number of carboxylic acid groups (broad SMARTS) is 1. The van der Waals surface area contributed by atoms with Gasteiger partial charge in [0.1, 0.15) is 0 Å². The molecule has 4 heteroatoms. The van der Waals surface area contributed by atoms with Gasteiger partial charge in [0.25, 0.3) is 0 Å². The molecule has 0 radical (unpaired) electrons. The first-order chi connectivity index (χ1) is 9.45. The van der Waals surface area contributed by atoms with Crippen molar-refractivity contribution in [3.8, 4) is 0 Å². The van der Waals surface area contributed by atoms with Gasteiger partial charge < -0.3 is 9.84 Å². The summed E-state index contributed by atoms with van der Waals surface area (Å²) in [6.45, 7) is 10.1. The molecule has 0 amide bonds. The number of hydrogen-bond acceptors (Lipinski definition) is 3. The third kappa shape index (κ3) is 3.34. The molecule has 116 valence electrons. The normalized spacial score (nSPS) is 33.0. The predicted octanol–water partition coefficient (Wildman–Crippen LogP) is 2.62. The van der Waals surface area contributed by atoms with E-state index in [1.807, 2.05) is 0 Å². The minimum Gasteiger partial charge on any atom is -0.481 e. The van der Waals surface area contributed by atoms with E-state index in [0.717, 1.165) is 52.0 Å². The third-order valence-corrected chi connectivity index (χ3v) is 5.66. The van der Waals surface area contributed by atoms with Crippen molar-refractivity contribution in [3.63, 3.8) is 0 Å². The summed E-state index contributed by atoms with van der Waals surface area (Å²) in [5.41, 5.74) is 0.314. The zero-order valence-electron chi connectivity index (χ0n) is 13.1. The van der Waals surface area contributed by atoms with Crippen LogP contribution in [0.1, 0.15) is 46.5 Å². The summed E-state index contributed by atoms with van der Waals surface area (Å²) in [6, 6.07) is 0.195. The molecule has 4 nitrogen and oxygen atoms in total. The van der Waals surface area contributed by atoms with Crippen LogP contribution in [0.5, 0.6) is 0 Å². The lowest BCUT2D eigenvalue weighted by Gasteiger charge is -2.46. The Kier molecular flexibility index (Phi) is 5.08. The van der Waals surface area contributed by atoms with Crippen molar-refractivity contribution in [1.82, 2.24) is 4.90 Å². The van der Waals surface area contributed by atoms with Crippen molar-refractivity contribution in [2.24, 2.45) is 17.3 Å². The number of rotatable bonds is 4. The van der Waals surface area contributed by atoms with Gasteiger partial charge in [-0.2, -0.15) is 0 Å². The highest BCUT2D eigenvalue weighted by molar-refractivity contribution is 5.71. The molecule has 2 fully saturated rings. The van der Waals surface area contributed by atoms with E-state index >= 15 is 0 Å².